The van der Waals surface area contributed by atoms with Gasteiger partial charge in [-0.1, -0.05) is 18.2 Å². The number of benzene rings is 1. The van der Waals surface area contributed by atoms with E-state index < -0.39 is 0 Å². The highest BCUT2D eigenvalue weighted by Crippen LogP contribution is 2.09. The van der Waals surface area contributed by atoms with Crippen molar-refractivity contribution in [3.63, 3.8) is 0 Å². The zero-order valence-corrected chi connectivity index (χ0v) is 8.68. The molecule has 2 rings (SSSR count). The first-order valence-electron chi connectivity index (χ1n) is 4.75. The molecule has 0 atom stereocenters. The van der Waals surface area contributed by atoms with E-state index in [-0.39, 0.29) is 18.2 Å². The van der Waals surface area contributed by atoms with Crippen molar-refractivity contribution < 1.29 is 4.39 Å². The SMILES string of the molecule is Cc1nc(C#N)nn1Cc1ccccc1F. The van der Waals surface area contributed by atoms with E-state index >= 15 is 0 Å². The number of nitrogens with zero attached hydrogens (tertiary/aromatic N) is 4. The predicted octanol–water partition coefficient (Wildman–Crippen LogP) is 1.65. The lowest BCUT2D eigenvalue weighted by atomic mass is 10.2. The van der Waals surface area contributed by atoms with Crippen LogP contribution >= 0.6 is 0 Å². The van der Waals surface area contributed by atoms with Gasteiger partial charge in [-0.05, 0) is 13.0 Å². The third kappa shape index (κ3) is 1.91. The summed E-state index contributed by atoms with van der Waals surface area (Å²) in [5.74, 6) is 0.421. The summed E-state index contributed by atoms with van der Waals surface area (Å²) >= 11 is 0. The summed E-state index contributed by atoms with van der Waals surface area (Å²) in [6.45, 7) is 2.02. The van der Waals surface area contributed by atoms with Crippen molar-refractivity contribution >= 4 is 0 Å². The topological polar surface area (TPSA) is 54.5 Å². The Balaban J connectivity index is 2.31. The van der Waals surface area contributed by atoms with E-state index in [0.717, 1.165) is 0 Å². The number of rotatable bonds is 2. The molecule has 0 spiro atoms. The van der Waals surface area contributed by atoms with Crippen LogP contribution in [0.25, 0.3) is 0 Å². The van der Waals surface area contributed by atoms with Crippen LogP contribution in [0.15, 0.2) is 24.3 Å². The molecule has 0 aliphatic heterocycles. The van der Waals surface area contributed by atoms with Gasteiger partial charge in [-0.15, -0.1) is 5.10 Å². The molecule has 0 bridgehead atoms. The molecule has 1 aromatic heterocycles. The van der Waals surface area contributed by atoms with Gasteiger partial charge in [0.05, 0.1) is 6.54 Å². The first kappa shape index (κ1) is 10.3. The van der Waals surface area contributed by atoms with Crippen molar-refractivity contribution in [2.75, 3.05) is 0 Å². The van der Waals surface area contributed by atoms with Crippen LogP contribution < -0.4 is 0 Å². The lowest BCUT2D eigenvalue weighted by Crippen LogP contribution is -2.05. The van der Waals surface area contributed by atoms with E-state index in [2.05, 4.69) is 10.1 Å². The molecule has 2 aromatic rings. The summed E-state index contributed by atoms with van der Waals surface area (Å²) < 4.78 is 14.9. The van der Waals surface area contributed by atoms with E-state index in [4.69, 9.17) is 5.26 Å². The Morgan fingerprint density at radius 3 is 2.81 bits per heavy atom. The van der Waals surface area contributed by atoms with Crippen molar-refractivity contribution in [1.82, 2.24) is 14.8 Å². The minimum atomic E-state index is -0.282. The molecule has 80 valence electrons. The Morgan fingerprint density at radius 1 is 1.44 bits per heavy atom. The first-order chi connectivity index (χ1) is 7.70. The molecule has 0 fully saturated rings. The standard InChI is InChI=1S/C11H9FN4/c1-8-14-11(6-13)15-16(8)7-9-4-2-3-5-10(9)12/h2-5H,7H2,1H3. The van der Waals surface area contributed by atoms with Gasteiger partial charge in [0.15, 0.2) is 0 Å². The second-order valence-corrected chi connectivity index (χ2v) is 3.34. The van der Waals surface area contributed by atoms with Gasteiger partial charge in [0.2, 0.25) is 0 Å². The molecule has 16 heavy (non-hydrogen) atoms. The van der Waals surface area contributed by atoms with Crippen LogP contribution in [0.4, 0.5) is 4.39 Å². The highest BCUT2D eigenvalue weighted by Gasteiger charge is 2.07. The summed E-state index contributed by atoms with van der Waals surface area (Å²) in [6, 6.07) is 8.32. The van der Waals surface area contributed by atoms with Crippen LogP contribution in [0.1, 0.15) is 17.2 Å². The average molecular weight is 216 g/mol. The maximum Gasteiger partial charge on any atom is 0.252 e. The minimum Gasteiger partial charge on any atom is -0.244 e. The van der Waals surface area contributed by atoms with Crippen molar-refractivity contribution in [3.05, 3.63) is 47.3 Å². The van der Waals surface area contributed by atoms with Gasteiger partial charge in [0, 0.05) is 5.56 Å². The number of nitriles is 1. The van der Waals surface area contributed by atoms with Crippen molar-refractivity contribution in [3.8, 4) is 6.07 Å². The van der Waals surface area contributed by atoms with Crippen LogP contribution in [0.3, 0.4) is 0 Å². The highest BCUT2D eigenvalue weighted by atomic mass is 19.1. The summed E-state index contributed by atoms with van der Waals surface area (Å²) in [5, 5.41) is 12.6. The number of hydrogen-bond acceptors (Lipinski definition) is 3. The molecule has 0 aliphatic carbocycles. The molecule has 0 N–H and O–H groups in total. The normalized spacial score (nSPS) is 10.1. The second-order valence-electron chi connectivity index (χ2n) is 3.34. The highest BCUT2D eigenvalue weighted by molar-refractivity contribution is 5.18. The third-order valence-corrected chi connectivity index (χ3v) is 2.23. The Kier molecular flexibility index (Phi) is 2.64. The number of aromatic nitrogens is 3. The Morgan fingerprint density at radius 2 is 2.19 bits per heavy atom. The number of aryl methyl sites for hydroxylation is 1. The largest absolute Gasteiger partial charge is 0.252 e. The van der Waals surface area contributed by atoms with Gasteiger partial charge in [0.25, 0.3) is 5.82 Å². The van der Waals surface area contributed by atoms with Gasteiger partial charge in [0.1, 0.15) is 17.7 Å². The van der Waals surface area contributed by atoms with Gasteiger partial charge < -0.3 is 0 Å². The summed E-state index contributed by atoms with van der Waals surface area (Å²) in [7, 11) is 0. The molecule has 5 heteroatoms. The fraction of sp³-hybridized carbons (Fsp3) is 0.182. The Labute approximate surface area is 92.0 Å². The van der Waals surface area contributed by atoms with Gasteiger partial charge in [-0.3, -0.25) is 0 Å². The Bertz CT molecular complexity index is 553. The molecule has 0 saturated carbocycles. The van der Waals surface area contributed by atoms with E-state index in [1.54, 1.807) is 25.1 Å². The minimum absolute atomic E-state index is 0.105. The molecular formula is C11H9FN4. The monoisotopic (exact) mass is 216 g/mol. The fourth-order valence-electron chi connectivity index (χ4n) is 1.41. The number of hydrogen-bond donors (Lipinski definition) is 0. The predicted molar refractivity (Wildman–Crippen MR) is 55.0 cm³/mol. The molecule has 0 saturated heterocycles. The lowest BCUT2D eigenvalue weighted by molar-refractivity contribution is 0.578. The van der Waals surface area contributed by atoms with Crippen LogP contribution in [0, 0.1) is 24.1 Å². The van der Waals surface area contributed by atoms with Gasteiger partial charge in [-0.2, -0.15) is 5.26 Å². The summed E-state index contributed by atoms with van der Waals surface area (Å²) in [4.78, 5) is 3.92. The lowest BCUT2D eigenvalue weighted by Gasteiger charge is -2.03. The maximum absolute atomic E-state index is 13.4. The summed E-state index contributed by atoms with van der Waals surface area (Å²) in [5.41, 5.74) is 0.528. The van der Waals surface area contributed by atoms with E-state index in [0.29, 0.717) is 11.4 Å². The van der Waals surface area contributed by atoms with Gasteiger partial charge in [-0.25, -0.2) is 14.1 Å². The van der Waals surface area contributed by atoms with Gasteiger partial charge >= 0.3 is 0 Å². The van der Waals surface area contributed by atoms with Crippen LogP contribution in [0.5, 0.6) is 0 Å². The summed E-state index contributed by atoms with van der Waals surface area (Å²) in [6.07, 6.45) is 0. The van der Waals surface area contributed by atoms with Crippen LogP contribution in [-0.2, 0) is 6.54 Å². The second kappa shape index (κ2) is 4.11. The molecule has 1 aromatic carbocycles. The average Bonchev–Trinajstić information content (AvgIpc) is 2.63. The van der Waals surface area contributed by atoms with E-state index in [9.17, 15) is 4.39 Å². The molecule has 0 radical (unpaired) electrons. The number of halogens is 1. The fourth-order valence-corrected chi connectivity index (χ4v) is 1.41. The zero-order chi connectivity index (χ0) is 11.5. The molecule has 0 aliphatic rings. The van der Waals surface area contributed by atoms with E-state index in [1.807, 2.05) is 6.07 Å². The smallest absolute Gasteiger partial charge is 0.244 e. The Hall–Kier alpha value is -2.22. The van der Waals surface area contributed by atoms with Crippen molar-refractivity contribution in [1.29, 1.82) is 5.26 Å². The zero-order valence-electron chi connectivity index (χ0n) is 8.68. The van der Waals surface area contributed by atoms with E-state index in [1.165, 1.54) is 10.7 Å². The molecular weight excluding hydrogens is 207 g/mol. The van der Waals surface area contributed by atoms with Crippen LogP contribution in [0.2, 0.25) is 0 Å². The first-order valence-corrected chi connectivity index (χ1v) is 4.75. The third-order valence-electron chi connectivity index (χ3n) is 2.23. The van der Waals surface area contributed by atoms with Crippen molar-refractivity contribution in [2.45, 2.75) is 13.5 Å². The van der Waals surface area contributed by atoms with Crippen LogP contribution in [-0.4, -0.2) is 14.8 Å². The molecule has 0 amide bonds. The molecule has 1 heterocycles. The maximum atomic E-state index is 13.4. The van der Waals surface area contributed by atoms with Crippen molar-refractivity contribution in [2.24, 2.45) is 0 Å². The molecule has 4 nitrogen and oxygen atoms in total. The quantitative estimate of drug-likeness (QED) is 0.766. The molecule has 0 unspecified atom stereocenters.